The normalized spacial score (nSPS) is 12.6. The molecule has 0 saturated carbocycles. The number of alkyl halides is 3. The summed E-state index contributed by atoms with van der Waals surface area (Å²) >= 11 is 3.17. The van der Waals surface area contributed by atoms with Gasteiger partial charge >= 0.3 is 18.1 Å². The molecular weight excluding hydrogens is 395 g/mol. The zero-order chi connectivity index (χ0) is 18.3. The highest BCUT2D eigenvalue weighted by atomic mass is 79.9. The predicted molar refractivity (Wildman–Crippen MR) is 84.4 cm³/mol. The Kier molecular flexibility index (Phi) is 7.53. The van der Waals surface area contributed by atoms with Crippen LogP contribution in [0.1, 0.15) is 13.8 Å². The first-order valence-corrected chi connectivity index (χ1v) is 7.92. The molecule has 24 heavy (non-hydrogen) atoms. The molecule has 5 nitrogen and oxygen atoms in total. The van der Waals surface area contributed by atoms with Gasteiger partial charge in [-0.3, -0.25) is 9.59 Å². The van der Waals surface area contributed by atoms with Gasteiger partial charge in [-0.05, 0) is 38.1 Å². The molecular formula is C15H17BrF3NO4. The Morgan fingerprint density at radius 3 is 1.92 bits per heavy atom. The average Bonchev–Trinajstić information content (AvgIpc) is 2.48. The lowest BCUT2D eigenvalue weighted by Crippen LogP contribution is -2.50. The SMILES string of the molecule is CCOC(=O)C(C(=O)OCC)C(Nc1ccc(Br)cc1)C(F)(F)F. The van der Waals surface area contributed by atoms with Crippen molar-refractivity contribution in [1.29, 1.82) is 0 Å². The van der Waals surface area contributed by atoms with Crippen molar-refractivity contribution in [3.63, 3.8) is 0 Å². The second-order valence-corrected chi connectivity index (χ2v) is 5.57. The number of halogens is 4. The van der Waals surface area contributed by atoms with E-state index in [0.717, 1.165) is 0 Å². The number of carbonyl (C=O) groups is 2. The van der Waals surface area contributed by atoms with Crippen molar-refractivity contribution in [3.05, 3.63) is 28.7 Å². The number of rotatable bonds is 7. The van der Waals surface area contributed by atoms with Crippen LogP contribution in [0.5, 0.6) is 0 Å². The van der Waals surface area contributed by atoms with Crippen LogP contribution in [0.25, 0.3) is 0 Å². The maximum absolute atomic E-state index is 13.4. The number of hydrogen-bond donors (Lipinski definition) is 1. The lowest BCUT2D eigenvalue weighted by atomic mass is 9.98. The number of hydrogen-bond acceptors (Lipinski definition) is 5. The van der Waals surface area contributed by atoms with E-state index >= 15 is 0 Å². The van der Waals surface area contributed by atoms with Crippen LogP contribution in [-0.2, 0) is 19.1 Å². The molecule has 0 aliphatic carbocycles. The van der Waals surface area contributed by atoms with Crippen LogP contribution in [0.3, 0.4) is 0 Å². The summed E-state index contributed by atoms with van der Waals surface area (Å²) in [5, 5.41) is 2.18. The van der Waals surface area contributed by atoms with Crippen molar-refractivity contribution in [2.45, 2.75) is 26.1 Å². The average molecular weight is 412 g/mol. The molecule has 1 aromatic carbocycles. The summed E-state index contributed by atoms with van der Waals surface area (Å²) in [5.74, 6) is -4.74. The molecule has 0 spiro atoms. The standard InChI is InChI=1S/C15H17BrF3NO4/c1-3-23-13(21)11(14(22)24-4-2)12(15(17,18)19)20-10-7-5-9(16)6-8-10/h5-8,11-12,20H,3-4H2,1-2H3. The van der Waals surface area contributed by atoms with Crippen LogP contribution in [0.4, 0.5) is 18.9 Å². The van der Waals surface area contributed by atoms with Crippen LogP contribution in [0, 0.1) is 5.92 Å². The fourth-order valence-electron chi connectivity index (χ4n) is 1.91. The number of ether oxygens (including phenoxy) is 2. The summed E-state index contributed by atoms with van der Waals surface area (Å²) < 4.78 is 50.3. The minimum atomic E-state index is -4.88. The second kappa shape index (κ2) is 8.91. The van der Waals surface area contributed by atoms with Crippen LogP contribution in [0.2, 0.25) is 0 Å². The molecule has 0 heterocycles. The summed E-state index contributed by atoms with van der Waals surface area (Å²) in [6.07, 6.45) is -4.88. The van der Waals surface area contributed by atoms with Crippen molar-refractivity contribution in [2.24, 2.45) is 5.92 Å². The smallest absolute Gasteiger partial charge is 0.409 e. The fraction of sp³-hybridized carbons (Fsp3) is 0.467. The van der Waals surface area contributed by atoms with E-state index < -0.39 is 30.1 Å². The maximum atomic E-state index is 13.4. The number of nitrogens with one attached hydrogen (secondary N) is 1. The van der Waals surface area contributed by atoms with E-state index in [1.54, 1.807) is 0 Å². The van der Waals surface area contributed by atoms with E-state index in [2.05, 4.69) is 30.7 Å². The van der Waals surface area contributed by atoms with E-state index in [1.165, 1.54) is 38.1 Å². The lowest BCUT2D eigenvalue weighted by Gasteiger charge is -2.27. The molecule has 0 amide bonds. The summed E-state index contributed by atoms with van der Waals surface area (Å²) in [5.41, 5.74) is 0.0964. The molecule has 0 radical (unpaired) electrons. The molecule has 0 aliphatic rings. The molecule has 1 N–H and O–H groups in total. The second-order valence-electron chi connectivity index (χ2n) is 4.65. The van der Waals surface area contributed by atoms with Crippen molar-refractivity contribution in [1.82, 2.24) is 0 Å². The van der Waals surface area contributed by atoms with Crippen molar-refractivity contribution in [2.75, 3.05) is 18.5 Å². The molecule has 134 valence electrons. The predicted octanol–water partition coefficient (Wildman–Crippen LogP) is 3.53. The summed E-state index contributed by atoms with van der Waals surface area (Å²) in [6.45, 7) is 2.56. The summed E-state index contributed by atoms with van der Waals surface area (Å²) in [7, 11) is 0. The van der Waals surface area contributed by atoms with Gasteiger partial charge in [0.05, 0.1) is 13.2 Å². The van der Waals surface area contributed by atoms with Gasteiger partial charge in [-0.2, -0.15) is 13.2 Å². The molecule has 0 fully saturated rings. The maximum Gasteiger partial charge on any atom is 0.409 e. The number of benzene rings is 1. The van der Waals surface area contributed by atoms with Gasteiger partial charge < -0.3 is 14.8 Å². The van der Waals surface area contributed by atoms with Crippen LogP contribution in [-0.4, -0.2) is 37.4 Å². The van der Waals surface area contributed by atoms with Crippen LogP contribution >= 0.6 is 15.9 Å². The monoisotopic (exact) mass is 411 g/mol. The Labute approximate surface area is 145 Å². The Morgan fingerprint density at radius 1 is 1.08 bits per heavy atom. The summed E-state index contributed by atoms with van der Waals surface area (Å²) in [4.78, 5) is 23.8. The number of anilines is 1. The molecule has 0 aliphatic heterocycles. The number of carbonyl (C=O) groups excluding carboxylic acids is 2. The van der Waals surface area contributed by atoms with E-state index in [0.29, 0.717) is 4.47 Å². The van der Waals surface area contributed by atoms with Crippen LogP contribution in [0.15, 0.2) is 28.7 Å². The van der Waals surface area contributed by atoms with Gasteiger partial charge in [0.1, 0.15) is 6.04 Å². The largest absolute Gasteiger partial charge is 0.465 e. The first-order valence-electron chi connectivity index (χ1n) is 7.12. The van der Waals surface area contributed by atoms with Gasteiger partial charge in [-0.1, -0.05) is 15.9 Å². The van der Waals surface area contributed by atoms with E-state index in [4.69, 9.17) is 0 Å². The molecule has 0 aromatic heterocycles. The topological polar surface area (TPSA) is 64.6 Å². The molecule has 1 rings (SSSR count). The molecule has 1 aromatic rings. The van der Waals surface area contributed by atoms with Crippen molar-refractivity contribution in [3.8, 4) is 0 Å². The van der Waals surface area contributed by atoms with Gasteiger partial charge in [0.15, 0.2) is 5.92 Å². The molecule has 9 heteroatoms. The lowest BCUT2D eigenvalue weighted by molar-refractivity contribution is -0.184. The molecule has 1 unspecified atom stereocenters. The highest BCUT2D eigenvalue weighted by Gasteiger charge is 2.52. The van der Waals surface area contributed by atoms with Gasteiger partial charge in [0.2, 0.25) is 0 Å². The minimum absolute atomic E-state index is 0.0964. The third kappa shape index (κ3) is 5.70. The Morgan fingerprint density at radius 2 is 1.54 bits per heavy atom. The van der Waals surface area contributed by atoms with Gasteiger partial charge in [-0.15, -0.1) is 0 Å². The van der Waals surface area contributed by atoms with Gasteiger partial charge in [0.25, 0.3) is 0 Å². The quantitative estimate of drug-likeness (QED) is 0.549. The van der Waals surface area contributed by atoms with Crippen molar-refractivity contribution < 1.29 is 32.2 Å². The van der Waals surface area contributed by atoms with E-state index in [9.17, 15) is 22.8 Å². The Hall–Kier alpha value is -1.77. The Balaban J connectivity index is 3.18. The molecule has 0 bridgehead atoms. The summed E-state index contributed by atoms with van der Waals surface area (Å²) in [6, 6.07) is 3.35. The molecule has 1 atom stereocenters. The third-order valence-corrected chi connectivity index (χ3v) is 3.46. The molecule has 0 saturated heterocycles. The van der Waals surface area contributed by atoms with Gasteiger partial charge in [0, 0.05) is 10.2 Å². The van der Waals surface area contributed by atoms with E-state index in [1.807, 2.05) is 0 Å². The minimum Gasteiger partial charge on any atom is -0.465 e. The zero-order valence-corrected chi connectivity index (χ0v) is 14.6. The third-order valence-electron chi connectivity index (χ3n) is 2.93. The zero-order valence-electron chi connectivity index (χ0n) is 13.0. The first-order chi connectivity index (χ1) is 11.2. The highest BCUT2D eigenvalue weighted by molar-refractivity contribution is 9.10. The fourth-order valence-corrected chi connectivity index (χ4v) is 2.18. The van der Waals surface area contributed by atoms with Crippen LogP contribution < -0.4 is 5.32 Å². The van der Waals surface area contributed by atoms with Gasteiger partial charge in [-0.25, -0.2) is 0 Å². The van der Waals surface area contributed by atoms with Crippen molar-refractivity contribution >= 4 is 33.6 Å². The van der Waals surface area contributed by atoms with E-state index in [-0.39, 0.29) is 18.9 Å². The number of esters is 2. The highest BCUT2D eigenvalue weighted by Crippen LogP contribution is 2.31. The Bertz CT molecular complexity index is 545. The first kappa shape index (κ1) is 20.3.